The number of rotatable bonds is 4. The number of halogens is 1. The molecule has 0 aliphatic rings. The molecule has 0 radical (unpaired) electrons. The number of nitrogens with two attached hydrogens (primary N) is 1. The lowest BCUT2D eigenvalue weighted by atomic mass is 10.4. The number of benzene rings is 1. The Kier molecular flexibility index (Phi) is 3.82. The molecule has 16 heavy (non-hydrogen) atoms. The monoisotopic (exact) mass is 255 g/mol. The second-order valence-electron chi connectivity index (χ2n) is 3.05. The van der Waals surface area contributed by atoms with Crippen LogP contribution in [0.15, 0.2) is 33.7 Å². The molecule has 2 aromatic rings. The van der Waals surface area contributed by atoms with Crippen molar-refractivity contribution in [2.24, 2.45) is 5.73 Å². The zero-order valence-corrected chi connectivity index (χ0v) is 9.96. The molecule has 0 spiro atoms. The molecule has 1 heterocycles. The van der Waals surface area contributed by atoms with Gasteiger partial charge >= 0.3 is 0 Å². The van der Waals surface area contributed by atoms with Gasteiger partial charge in [0.15, 0.2) is 5.82 Å². The van der Waals surface area contributed by atoms with Crippen molar-refractivity contribution in [2.75, 3.05) is 0 Å². The molecule has 0 saturated heterocycles. The Labute approximate surface area is 102 Å². The van der Waals surface area contributed by atoms with E-state index in [4.69, 9.17) is 21.9 Å². The Morgan fingerprint density at radius 1 is 1.31 bits per heavy atom. The maximum absolute atomic E-state index is 5.79. The van der Waals surface area contributed by atoms with Gasteiger partial charge in [0.2, 0.25) is 5.89 Å². The van der Waals surface area contributed by atoms with Crippen LogP contribution in [0.2, 0.25) is 5.02 Å². The van der Waals surface area contributed by atoms with Crippen LogP contribution < -0.4 is 5.73 Å². The van der Waals surface area contributed by atoms with Crippen LogP contribution in [0.5, 0.6) is 0 Å². The second kappa shape index (κ2) is 5.34. The van der Waals surface area contributed by atoms with Crippen LogP contribution in [-0.2, 0) is 12.3 Å². The summed E-state index contributed by atoms with van der Waals surface area (Å²) in [5, 5.41) is 4.54. The van der Waals surface area contributed by atoms with Gasteiger partial charge in [0.1, 0.15) is 0 Å². The molecule has 0 aliphatic carbocycles. The van der Waals surface area contributed by atoms with E-state index in [0.717, 1.165) is 9.92 Å². The van der Waals surface area contributed by atoms with Gasteiger partial charge in [-0.1, -0.05) is 16.8 Å². The lowest BCUT2D eigenvalue weighted by Gasteiger charge is -1.97. The Hall–Kier alpha value is -1.04. The van der Waals surface area contributed by atoms with E-state index in [0.29, 0.717) is 17.5 Å². The van der Waals surface area contributed by atoms with E-state index in [9.17, 15) is 0 Å². The standard InChI is InChI=1S/C10H10ClN3OS/c11-7-1-3-8(4-2-7)16-6-9-13-10(5-12)15-14-9/h1-4H,5-6,12H2. The van der Waals surface area contributed by atoms with E-state index in [1.165, 1.54) is 0 Å². The summed E-state index contributed by atoms with van der Waals surface area (Å²) >= 11 is 7.41. The molecule has 0 aliphatic heterocycles. The minimum absolute atomic E-state index is 0.276. The first-order chi connectivity index (χ1) is 7.78. The van der Waals surface area contributed by atoms with Crippen molar-refractivity contribution in [3.8, 4) is 0 Å². The number of aromatic nitrogens is 2. The highest BCUT2D eigenvalue weighted by Crippen LogP contribution is 2.23. The van der Waals surface area contributed by atoms with Crippen molar-refractivity contribution in [3.63, 3.8) is 0 Å². The smallest absolute Gasteiger partial charge is 0.240 e. The Morgan fingerprint density at radius 3 is 2.69 bits per heavy atom. The summed E-state index contributed by atoms with van der Waals surface area (Å²) in [6.07, 6.45) is 0. The van der Waals surface area contributed by atoms with Gasteiger partial charge in [-0.3, -0.25) is 0 Å². The van der Waals surface area contributed by atoms with Gasteiger partial charge in [-0.15, -0.1) is 11.8 Å². The van der Waals surface area contributed by atoms with Gasteiger partial charge in [0.25, 0.3) is 0 Å². The van der Waals surface area contributed by atoms with Gasteiger partial charge in [-0.25, -0.2) is 0 Å². The van der Waals surface area contributed by atoms with Gasteiger partial charge in [0.05, 0.1) is 12.3 Å². The van der Waals surface area contributed by atoms with Crippen molar-refractivity contribution in [2.45, 2.75) is 17.2 Å². The minimum atomic E-state index is 0.276. The Balaban J connectivity index is 1.94. The SMILES string of the molecule is NCc1nc(CSc2ccc(Cl)cc2)no1. The topological polar surface area (TPSA) is 64.9 Å². The molecule has 2 rings (SSSR count). The third-order valence-corrected chi connectivity index (χ3v) is 3.13. The summed E-state index contributed by atoms with van der Waals surface area (Å²) in [5.41, 5.74) is 5.37. The highest BCUT2D eigenvalue weighted by atomic mass is 35.5. The minimum Gasteiger partial charge on any atom is -0.338 e. The van der Waals surface area contributed by atoms with E-state index in [-0.39, 0.29) is 6.54 Å². The first kappa shape index (κ1) is 11.4. The summed E-state index contributed by atoms with van der Waals surface area (Å²) in [4.78, 5) is 5.23. The van der Waals surface area contributed by atoms with Crippen molar-refractivity contribution in [3.05, 3.63) is 41.0 Å². The van der Waals surface area contributed by atoms with Crippen LogP contribution in [0.25, 0.3) is 0 Å². The summed E-state index contributed by atoms with van der Waals surface area (Å²) in [6, 6.07) is 7.62. The maximum Gasteiger partial charge on any atom is 0.240 e. The molecule has 0 fully saturated rings. The number of nitrogens with zero attached hydrogens (tertiary/aromatic N) is 2. The molecule has 1 aromatic heterocycles. The predicted molar refractivity (Wildman–Crippen MR) is 63.2 cm³/mol. The Bertz CT molecular complexity index is 457. The summed E-state index contributed by atoms with van der Waals surface area (Å²) < 4.78 is 4.90. The molecule has 0 atom stereocenters. The normalized spacial score (nSPS) is 10.6. The summed E-state index contributed by atoms with van der Waals surface area (Å²) in [5.74, 6) is 1.78. The predicted octanol–water partition coefficient (Wildman–Crippen LogP) is 2.47. The van der Waals surface area contributed by atoms with Crippen LogP contribution in [-0.4, -0.2) is 10.1 Å². The van der Waals surface area contributed by atoms with E-state index in [1.807, 2.05) is 24.3 Å². The van der Waals surface area contributed by atoms with Crippen LogP contribution in [0, 0.1) is 0 Å². The van der Waals surface area contributed by atoms with Gasteiger partial charge in [-0.2, -0.15) is 4.98 Å². The van der Waals surface area contributed by atoms with Crippen LogP contribution in [0.4, 0.5) is 0 Å². The third-order valence-electron chi connectivity index (χ3n) is 1.87. The van der Waals surface area contributed by atoms with Crippen LogP contribution in [0.3, 0.4) is 0 Å². The third kappa shape index (κ3) is 2.98. The molecular formula is C10H10ClN3OS. The van der Waals surface area contributed by atoms with Crippen molar-refractivity contribution in [1.82, 2.24) is 10.1 Å². The molecular weight excluding hydrogens is 246 g/mol. The zero-order chi connectivity index (χ0) is 11.4. The second-order valence-corrected chi connectivity index (χ2v) is 4.54. The van der Waals surface area contributed by atoms with Crippen molar-refractivity contribution >= 4 is 23.4 Å². The number of hydrogen-bond acceptors (Lipinski definition) is 5. The summed E-state index contributed by atoms with van der Waals surface area (Å²) in [6.45, 7) is 0.276. The molecule has 1 aromatic carbocycles. The molecule has 0 bridgehead atoms. The summed E-state index contributed by atoms with van der Waals surface area (Å²) in [7, 11) is 0. The van der Waals surface area contributed by atoms with Crippen molar-refractivity contribution < 1.29 is 4.52 Å². The first-order valence-electron chi connectivity index (χ1n) is 4.68. The molecule has 2 N–H and O–H groups in total. The highest BCUT2D eigenvalue weighted by molar-refractivity contribution is 7.98. The first-order valence-corrected chi connectivity index (χ1v) is 6.04. The lowest BCUT2D eigenvalue weighted by Crippen LogP contribution is -1.96. The zero-order valence-electron chi connectivity index (χ0n) is 8.39. The fraction of sp³-hybridized carbons (Fsp3) is 0.200. The molecule has 6 heteroatoms. The highest BCUT2D eigenvalue weighted by Gasteiger charge is 2.04. The van der Waals surface area contributed by atoms with Crippen LogP contribution >= 0.6 is 23.4 Å². The molecule has 84 valence electrons. The van der Waals surface area contributed by atoms with Crippen LogP contribution in [0.1, 0.15) is 11.7 Å². The number of thioether (sulfide) groups is 1. The molecule has 0 saturated carbocycles. The maximum atomic E-state index is 5.79. The van der Waals surface area contributed by atoms with E-state index in [2.05, 4.69) is 10.1 Å². The van der Waals surface area contributed by atoms with Gasteiger partial charge in [0, 0.05) is 9.92 Å². The Morgan fingerprint density at radius 2 is 2.06 bits per heavy atom. The number of hydrogen-bond donors (Lipinski definition) is 1. The largest absolute Gasteiger partial charge is 0.338 e. The van der Waals surface area contributed by atoms with Crippen molar-refractivity contribution in [1.29, 1.82) is 0 Å². The average molecular weight is 256 g/mol. The van der Waals surface area contributed by atoms with E-state index in [1.54, 1.807) is 11.8 Å². The van der Waals surface area contributed by atoms with E-state index < -0.39 is 0 Å². The van der Waals surface area contributed by atoms with Gasteiger partial charge < -0.3 is 10.3 Å². The quantitative estimate of drug-likeness (QED) is 0.851. The fourth-order valence-electron chi connectivity index (χ4n) is 1.11. The van der Waals surface area contributed by atoms with E-state index >= 15 is 0 Å². The fourth-order valence-corrected chi connectivity index (χ4v) is 1.98. The lowest BCUT2D eigenvalue weighted by molar-refractivity contribution is 0.376. The average Bonchev–Trinajstić information content (AvgIpc) is 2.76. The molecule has 0 amide bonds. The molecule has 4 nitrogen and oxygen atoms in total. The molecule has 0 unspecified atom stereocenters. The van der Waals surface area contributed by atoms with Gasteiger partial charge in [-0.05, 0) is 24.3 Å².